The van der Waals surface area contributed by atoms with E-state index in [1.807, 2.05) is 0 Å². The molecule has 9 rings (SSSR count). The molecule has 68 heavy (non-hydrogen) atoms. The van der Waals surface area contributed by atoms with Gasteiger partial charge in [-0.25, -0.2) is 0 Å². The Morgan fingerprint density at radius 2 is 0.632 bits per heavy atom. The number of amides is 8. The van der Waals surface area contributed by atoms with E-state index in [4.69, 9.17) is 4.74 Å². The summed E-state index contributed by atoms with van der Waals surface area (Å²) in [5.74, 6) is -2.04. The summed E-state index contributed by atoms with van der Waals surface area (Å²) in [7, 11) is 0. The fraction of sp³-hybridized carbons (Fsp3) is 0.780. The van der Waals surface area contributed by atoms with Crippen molar-refractivity contribution in [2.45, 2.75) is 183 Å². The van der Waals surface area contributed by atoms with Crippen LogP contribution in [0.15, 0.2) is 12.7 Å². The van der Waals surface area contributed by atoms with E-state index >= 15 is 0 Å². The maximum Gasteiger partial charge on any atom is 0.246 e. The average Bonchev–Trinajstić information content (AvgIpc) is 4.20. The average molecular weight is 945 g/mol. The maximum absolute atomic E-state index is 14.6. The van der Waals surface area contributed by atoms with E-state index in [2.05, 4.69) is 6.58 Å². The van der Waals surface area contributed by atoms with Crippen molar-refractivity contribution in [2.24, 2.45) is 5.92 Å². The van der Waals surface area contributed by atoms with Gasteiger partial charge in [0.25, 0.3) is 0 Å². The lowest BCUT2D eigenvalue weighted by atomic mass is 10.0. The number of nitrogens with zero attached hydrogens (tertiary/aromatic N) is 8. The highest BCUT2D eigenvalue weighted by molar-refractivity contribution is 5.99. The minimum Gasteiger partial charge on any atom is -0.374 e. The Morgan fingerprint density at radius 3 is 0.897 bits per heavy atom. The van der Waals surface area contributed by atoms with Gasteiger partial charge in [-0.1, -0.05) is 6.08 Å². The third-order valence-corrected chi connectivity index (χ3v) is 16.9. The lowest BCUT2D eigenvalue weighted by Crippen LogP contribution is -2.59. The zero-order chi connectivity index (χ0) is 47.8. The zero-order valence-corrected chi connectivity index (χ0v) is 40.0. The molecule has 9 fully saturated rings. The first kappa shape index (κ1) is 48.2. The van der Waals surface area contributed by atoms with Crippen molar-refractivity contribution in [3.63, 3.8) is 0 Å². The molecule has 0 N–H and O–H groups in total. The molecule has 0 radical (unpaired) electrons. The second kappa shape index (κ2) is 20.6. The molecule has 0 aromatic carbocycles. The van der Waals surface area contributed by atoms with Gasteiger partial charge in [0.2, 0.25) is 47.3 Å². The third-order valence-electron chi connectivity index (χ3n) is 16.9. The number of hydrogen-bond acceptors (Lipinski definition) is 10. The Morgan fingerprint density at radius 1 is 0.382 bits per heavy atom. The van der Waals surface area contributed by atoms with Crippen LogP contribution in [0.25, 0.3) is 0 Å². The lowest BCUT2D eigenvalue weighted by molar-refractivity contribution is -0.155. The summed E-state index contributed by atoms with van der Waals surface area (Å²) in [6.45, 7) is 8.90. The van der Waals surface area contributed by atoms with E-state index < -0.39 is 48.3 Å². The molecule has 1 aliphatic carbocycles. The number of hydrogen-bond donors (Lipinski definition) is 0. The highest BCUT2D eigenvalue weighted by Gasteiger charge is 2.52. The van der Waals surface area contributed by atoms with Crippen LogP contribution >= 0.6 is 0 Å². The minimum atomic E-state index is -0.788. The summed E-state index contributed by atoms with van der Waals surface area (Å²) in [6, 6.07) is -5.57. The Balaban J connectivity index is 0.823. The van der Waals surface area contributed by atoms with Crippen molar-refractivity contribution >= 4 is 53.0 Å². The van der Waals surface area contributed by atoms with Gasteiger partial charge in [-0.05, 0) is 129 Å². The summed E-state index contributed by atoms with van der Waals surface area (Å²) in [5, 5.41) is 0. The van der Waals surface area contributed by atoms with Crippen LogP contribution in [0.2, 0.25) is 0 Å². The van der Waals surface area contributed by atoms with Crippen LogP contribution in [-0.4, -0.2) is 206 Å². The summed E-state index contributed by atoms with van der Waals surface area (Å²) in [6.07, 6.45) is 13.0. The third kappa shape index (κ3) is 9.07. The molecule has 9 aliphatic rings. The van der Waals surface area contributed by atoms with E-state index in [9.17, 15) is 43.2 Å². The second-order valence-corrected chi connectivity index (χ2v) is 20.9. The first-order valence-corrected chi connectivity index (χ1v) is 26.1. The number of carbonyl (C=O) groups is 9. The molecule has 0 spiro atoms. The fourth-order valence-electron chi connectivity index (χ4n) is 13.6. The van der Waals surface area contributed by atoms with E-state index in [0.717, 1.165) is 12.8 Å². The number of carbonyl (C=O) groups excluding carboxylic acids is 9. The second-order valence-electron chi connectivity index (χ2n) is 20.9. The first-order chi connectivity index (χ1) is 32.9. The zero-order valence-electron chi connectivity index (χ0n) is 40.0. The van der Waals surface area contributed by atoms with Gasteiger partial charge in [0, 0.05) is 58.3 Å². The van der Waals surface area contributed by atoms with E-state index in [1.54, 1.807) is 45.3 Å². The van der Waals surface area contributed by atoms with Gasteiger partial charge in [-0.3, -0.25) is 43.2 Å². The number of likely N-dealkylation sites (tertiary alicyclic amines) is 8. The Labute approximate surface area is 400 Å². The van der Waals surface area contributed by atoms with Gasteiger partial charge in [-0.15, -0.1) is 6.58 Å². The fourth-order valence-corrected chi connectivity index (χ4v) is 13.6. The van der Waals surface area contributed by atoms with Crippen LogP contribution in [0.3, 0.4) is 0 Å². The lowest BCUT2D eigenvalue weighted by Gasteiger charge is -2.37. The van der Waals surface area contributed by atoms with Crippen LogP contribution in [0.4, 0.5) is 0 Å². The van der Waals surface area contributed by atoms with Crippen molar-refractivity contribution in [3.05, 3.63) is 12.7 Å². The Bertz CT molecular complexity index is 2030. The molecule has 18 heteroatoms. The highest BCUT2D eigenvalue weighted by atomic mass is 16.5. The molecule has 372 valence electrons. The van der Waals surface area contributed by atoms with Crippen molar-refractivity contribution in [1.29, 1.82) is 0 Å². The Hall–Kier alpha value is -4.87. The molecule has 8 heterocycles. The predicted octanol–water partition coefficient (Wildman–Crippen LogP) is 1.87. The van der Waals surface area contributed by atoms with E-state index in [0.29, 0.717) is 168 Å². The quantitative estimate of drug-likeness (QED) is 0.262. The minimum absolute atomic E-state index is 0.00339. The summed E-state index contributed by atoms with van der Waals surface area (Å²) in [5.41, 5.74) is 0. The smallest absolute Gasteiger partial charge is 0.246 e. The molecule has 0 bridgehead atoms. The van der Waals surface area contributed by atoms with Crippen LogP contribution in [-0.2, 0) is 47.9 Å². The van der Waals surface area contributed by atoms with Gasteiger partial charge in [0.05, 0.1) is 18.8 Å². The van der Waals surface area contributed by atoms with Crippen LogP contribution in [0.1, 0.15) is 129 Å². The molecular formula is C50H72N8O10. The number of ketones is 1. The topological polar surface area (TPSA) is 189 Å². The van der Waals surface area contributed by atoms with Gasteiger partial charge in [-0.2, -0.15) is 0 Å². The van der Waals surface area contributed by atoms with Crippen LogP contribution in [0.5, 0.6) is 0 Å². The molecule has 0 aromatic rings. The van der Waals surface area contributed by atoms with Crippen LogP contribution < -0.4 is 0 Å². The van der Waals surface area contributed by atoms with Crippen molar-refractivity contribution in [1.82, 2.24) is 39.2 Å². The molecule has 10 atom stereocenters. The molecular weight excluding hydrogens is 873 g/mol. The SMILES string of the molecule is C=CCO[C@H]1CC[C@H](C(=O)N2CCC[C@H]2C(=O)N2CCC[C@H]2C(=O)N2CCC[C@H]2C(=O)N2CCC[C@H]2C(=O)N2CCC[C@H]2C(=O)N2CCC[C@H]2C(=O)N2CCC[C@H]2C(=O)N2CCC[C@H]2C(C)=O)C1. The van der Waals surface area contributed by atoms with Crippen molar-refractivity contribution < 1.29 is 47.9 Å². The molecule has 18 nitrogen and oxygen atoms in total. The summed E-state index contributed by atoms with van der Waals surface area (Å²) >= 11 is 0. The van der Waals surface area contributed by atoms with Crippen LogP contribution in [0, 0.1) is 5.92 Å². The molecule has 8 aliphatic heterocycles. The standard InChI is InChI=1S/C50H72N8O10/c1-3-30-68-34-21-20-33(31-34)43(60)52-23-5-13-36(52)45(62)54-25-7-15-38(54)47(64)56-27-9-17-40(56)49(66)58-29-11-19-42(58)50(67)57-28-10-18-41(57)48(65)55-26-8-16-39(55)46(63)53-24-6-14-37(53)44(61)51-22-4-12-35(51)32(2)59/h3,33-42H,1,4-31H2,2H3/t33-,34-,35-,36-,37-,38-,39-,40-,41-,42-/m0/s1. The first-order valence-electron chi connectivity index (χ1n) is 26.1. The number of ether oxygens (including phenoxy) is 1. The van der Waals surface area contributed by atoms with Crippen molar-refractivity contribution in [3.8, 4) is 0 Å². The molecule has 8 amide bonds. The van der Waals surface area contributed by atoms with E-state index in [1.165, 1.54) is 6.92 Å². The molecule has 0 unspecified atom stereocenters. The maximum atomic E-state index is 14.6. The van der Waals surface area contributed by atoms with Gasteiger partial charge < -0.3 is 43.9 Å². The molecule has 0 aromatic heterocycles. The summed E-state index contributed by atoms with van der Waals surface area (Å²) < 4.78 is 5.83. The normalized spacial score (nSPS) is 32.8. The van der Waals surface area contributed by atoms with E-state index in [-0.39, 0.29) is 65.1 Å². The molecule has 1 saturated carbocycles. The molecule has 8 saturated heterocycles. The largest absolute Gasteiger partial charge is 0.374 e. The summed E-state index contributed by atoms with van der Waals surface area (Å²) in [4.78, 5) is 140. The van der Waals surface area contributed by atoms with Gasteiger partial charge >= 0.3 is 0 Å². The number of rotatable bonds is 12. The predicted molar refractivity (Wildman–Crippen MR) is 246 cm³/mol. The Kier molecular flexibility index (Phi) is 14.6. The van der Waals surface area contributed by atoms with Gasteiger partial charge in [0.1, 0.15) is 42.3 Å². The van der Waals surface area contributed by atoms with Crippen molar-refractivity contribution in [2.75, 3.05) is 59.0 Å². The number of Topliss-reactive ketones (excluding diaryl/α,β-unsaturated/α-hetero) is 1. The van der Waals surface area contributed by atoms with Gasteiger partial charge in [0.15, 0.2) is 5.78 Å². The monoisotopic (exact) mass is 945 g/mol. The highest BCUT2D eigenvalue weighted by Crippen LogP contribution is 2.36.